The SMILES string of the molecule is CCS(=O)(=O)c1cccnc1S(=O)(=O)NC(=O)Nc1nc(OC)cc(OC)n1.CS(=O)(=O)c1ccc(C(=O)C2C(=O)CCCC2=O)c([N+](=O)[O-])c1. The predicted molar refractivity (Wildman–Crippen MR) is 174 cm³/mol. The number of Topliss-reactive ketones (excluding diaryl/α,β-unsaturated/α-hetero) is 3. The molecule has 2 amide bonds. The van der Waals surface area contributed by atoms with Crippen LogP contribution in [0.5, 0.6) is 11.8 Å². The molecule has 0 atom stereocenters. The van der Waals surface area contributed by atoms with Crippen molar-refractivity contribution in [1.82, 2.24) is 19.7 Å². The Labute approximate surface area is 291 Å². The number of aromatic nitrogens is 3. The van der Waals surface area contributed by atoms with Gasteiger partial charge in [-0.15, -0.1) is 0 Å². The minimum Gasteiger partial charge on any atom is -0.481 e. The first kappa shape index (κ1) is 40.0. The second kappa shape index (κ2) is 16.1. The average molecular weight is 771 g/mol. The Balaban J connectivity index is 0.000000281. The fourth-order valence-corrected chi connectivity index (χ4v) is 7.58. The highest BCUT2D eigenvalue weighted by molar-refractivity contribution is 7.93. The Kier molecular flexibility index (Phi) is 12.6. The monoisotopic (exact) mass is 770 g/mol. The molecular weight excluding hydrogens is 741 g/mol. The van der Waals surface area contributed by atoms with Gasteiger partial charge in [-0.1, -0.05) is 6.92 Å². The summed E-state index contributed by atoms with van der Waals surface area (Å²) in [5.74, 6) is -4.13. The van der Waals surface area contributed by atoms with Crippen LogP contribution in [0.3, 0.4) is 0 Å². The van der Waals surface area contributed by atoms with Crippen LogP contribution >= 0.6 is 0 Å². The largest absolute Gasteiger partial charge is 0.481 e. The summed E-state index contributed by atoms with van der Waals surface area (Å²) in [6, 6.07) is 5.27. The minimum atomic E-state index is -4.61. The van der Waals surface area contributed by atoms with Crippen molar-refractivity contribution in [2.75, 3.05) is 31.5 Å². The summed E-state index contributed by atoms with van der Waals surface area (Å²) in [5, 5.41) is 12.4. The van der Waals surface area contributed by atoms with Crippen molar-refractivity contribution in [3.05, 3.63) is 58.3 Å². The Morgan fingerprint density at radius 2 is 1.55 bits per heavy atom. The number of hydrogen-bond donors (Lipinski definition) is 2. The van der Waals surface area contributed by atoms with E-state index in [0.29, 0.717) is 6.42 Å². The van der Waals surface area contributed by atoms with E-state index in [0.717, 1.165) is 36.7 Å². The van der Waals surface area contributed by atoms with E-state index < -0.39 is 85.1 Å². The van der Waals surface area contributed by atoms with Gasteiger partial charge in [-0.3, -0.25) is 29.8 Å². The number of nitrogens with zero attached hydrogens (tertiary/aromatic N) is 4. The van der Waals surface area contributed by atoms with Crippen molar-refractivity contribution in [1.29, 1.82) is 0 Å². The maximum absolute atomic E-state index is 12.5. The summed E-state index contributed by atoms with van der Waals surface area (Å²) in [5.41, 5.74) is -1.17. The number of methoxy groups -OCH3 is 2. The lowest BCUT2D eigenvalue weighted by Crippen LogP contribution is -2.36. The fraction of sp³-hybridized carbons (Fsp3) is 0.321. The number of benzene rings is 1. The maximum Gasteiger partial charge on any atom is 0.335 e. The lowest BCUT2D eigenvalue weighted by molar-refractivity contribution is -0.385. The molecule has 3 aromatic rings. The maximum atomic E-state index is 12.5. The number of pyridine rings is 1. The van der Waals surface area contributed by atoms with Crippen LogP contribution in [0.25, 0.3) is 0 Å². The molecule has 0 spiro atoms. The van der Waals surface area contributed by atoms with Crippen molar-refractivity contribution in [2.24, 2.45) is 5.92 Å². The molecule has 0 unspecified atom stereocenters. The Morgan fingerprint density at radius 1 is 0.961 bits per heavy atom. The Hall–Kier alpha value is -5.42. The molecule has 1 aliphatic rings. The quantitative estimate of drug-likeness (QED) is 0.120. The lowest BCUT2D eigenvalue weighted by atomic mass is 9.81. The van der Waals surface area contributed by atoms with Gasteiger partial charge in [0.25, 0.3) is 15.7 Å². The van der Waals surface area contributed by atoms with E-state index in [9.17, 15) is 54.5 Å². The Bertz CT molecular complexity index is 2190. The van der Waals surface area contributed by atoms with E-state index in [1.54, 1.807) is 4.72 Å². The topological polar surface area (TPSA) is 295 Å². The van der Waals surface area contributed by atoms with Crippen LogP contribution in [0.4, 0.5) is 16.4 Å². The minimum absolute atomic E-state index is 0.0612. The first-order valence-electron chi connectivity index (χ1n) is 14.3. The smallest absolute Gasteiger partial charge is 0.335 e. The third kappa shape index (κ3) is 9.85. The number of sulfonamides is 1. The fourth-order valence-electron chi connectivity index (χ4n) is 4.39. The van der Waals surface area contributed by atoms with Gasteiger partial charge in [-0.05, 0) is 30.7 Å². The van der Waals surface area contributed by atoms with Gasteiger partial charge in [0, 0.05) is 31.4 Å². The first-order chi connectivity index (χ1) is 23.7. The molecule has 20 nitrogen and oxygen atoms in total. The van der Waals surface area contributed by atoms with Gasteiger partial charge in [0.2, 0.25) is 17.7 Å². The number of hydrogen-bond acceptors (Lipinski definition) is 17. The van der Waals surface area contributed by atoms with Crippen LogP contribution in [0.15, 0.2) is 57.4 Å². The molecule has 2 N–H and O–H groups in total. The van der Waals surface area contributed by atoms with Gasteiger partial charge in [0.1, 0.15) is 10.8 Å². The van der Waals surface area contributed by atoms with Crippen molar-refractivity contribution in [3.8, 4) is 11.8 Å². The molecule has 0 radical (unpaired) electrons. The van der Waals surface area contributed by atoms with Crippen molar-refractivity contribution in [3.63, 3.8) is 0 Å². The number of nitrogens with one attached hydrogen (secondary N) is 2. The van der Waals surface area contributed by atoms with Gasteiger partial charge < -0.3 is 9.47 Å². The number of sulfone groups is 2. The molecule has 2 heterocycles. The van der Waals surface area contributed by atoms with Gasteiger partial charge in [0.05, 0.1) is 41.4 Å². The van der Waals surface area contributed by atoms with E-state index in [1.807, 2.05) is 0 Å². The predicted octanol–water partition coefficient (Wildman–Crippen LogP) is 1.31. The number of nitro groups is 1. The van der Waals surface area contributed by atoms with Crippen LogP contribution in [0.1, 0.15) is 36.5 Å². The molecule has 1 saturated carbocycles. The molecule has 2 aromatic heterocycles. The summed E-state index contributed by atoms with van der Waals surface area (Å²) in [4.78, 5) is 68.8. The standard InChI is InChI=1S/C14H17N5O7S2.C14H13NO7S/c1-4-27(21,22)9-6-5-7-15-12(9)28(23,24)19-14(20)18-13-16-10(25-2)8-11(17-13)26-3;1-23(21,22)8-5-6-9(10(7-8)15(19)20)14(18)13-11(16)3-2-4-12(13)17/h5-8H,4H2,1-3H3,(H2,16,17,18,19,20);5-7,13H,2-4H2,1H3. The molecule has 1 fully saturated rings. The van der Waals surface area contributed by atoms with E-state index in [2.05, 4.69) is 20.3 Å². The third-order valence-electron chi connectivity index (χ3n) is 6.87. The summed E-state index contributed by atoms with van der Waals surface area (Å²) < 4.78 is 83.6. The average Bonchev–Trinajstić information content (AvgIpc) is 3.07. The number of ketones is 3. The third-order valence-corrected chi connectivity index (χ3v) is 11.2. The van der Waals surface area contributed by atoms with Gasteiger partial charge in [0.15, 0.2) is 42.1 Å². The number of ether oxygens (including phenoxy) is 2. The highest BCUT2D eigenvalue weighted by Gasteiger charge is 2.39. The van der Waals surface area contributed by atoms with E-state index in [4.69, 9.17) is 9.47 Å². The molecule has 0 saturated heterocycles. The summed E-state index contributed by atoms with van der Waals surface area (Å²) in [6.45, 7) is 1.35. The number of nitro benzene ring substituents is 1. The second-order valence-electron chi connectivity index (χ2n) is 10.3. The van der Waals surface area contributed by atoms with Crippen LogP contribution in [0.2, 0.25) is 0 Å². The summed E-state index contributed by atoms with van der Waals surface area (Å²) in [7, 11) is -9.55. The number of carbonyl (C=O) groups excluding carboxylic acids is 4. The molecule has 0 bridgehead atoms. The molecule has 274 valence electrons. The van der Waals surface area contributed by atoms with Crippen molar-refractivity contribution >= 4 is 64.7 Å². The van der Waals surface area contributed by atoms with E-state index in [-0.39, 0.29) is 41.2 Å². The molecular formula is C28H30N6O14S3. The zero-order valence-corrected chi connectivity index (χ0v) is 29.6. The highest BCUT2D eigenvalue weighted by atomic mass is 32.2. The van der Waals surface area contributed by atoms with Crippen molar-refractivity contribution < 1.29 is 58.8 Å². The normalized spacial score (nSPS) is 13.7. The van der Waals surface area contributed by atoms with Crippen LogP contribution < -0.4 is 19.5 Å². The van der Waals surface area contributed by atoms with Crippen molar-refractivity contribution in [2.45, 2.75) is 41.0 Å². The first-order valence-corrected chi connectivity index (χ1v) is 19.3. The molecule has 4 rings (SSSR count). The van der Waals surface area contributed by atoms with Crippen LogP contribution in [-0.2, 0) is 39.3 Å². The van der Waals surface area contributed by atoms with Gasteiger partial charge >= 0.3 is 6.03 Å². The Morgan fingerprint density at radius 3 is 2.06 bits per heavy atom. The van der Waals surface area contributed by atoms with Gasteiger partial charge in [-0.25, -0.2) is 31.3 Å². The molecule has 51 heavy (non-hydrogen) atoms. The second-order valence-corrected chi connectivity index (χ2v) is 16.2. The molecule has 1 aliphatic carbocycles. The molecule has 1 aromatic carbocycles. The summed E-state index contributed by atoms with van der Waals surface area (Å²) >= 11 is 0. The molecule has 23 heteroatoms. The number of urea groups is 1. The number of rotatable bonds is 11. The molecule has 0 aliphatic heterocycles. The highest BCUT2D eigenvalue weighted by Crippen LogP contribution is 2.29. The van der Waals surface area contributed by atoms with E-state index >= 15 is 0 Å². The zero-order valence-electron chi connectivity index (χ0n) is 27.2. The zero-order chi connectivity index (χ0) is 38.3. The van der Waals surface area contributed by atoms with E-state index in [1.165, 1.54) is 33.3 Å². The number of carbonyl (C=O) groups is 4. The van der Waals surface area contributed by atoms with Crippen LogP contribution in [0, 0.1) is 16.0 Å². The summed E-state index contributed by atoms with van der Waals surface area (Å²) in [6.07, 6.45) is 2.46. The van der Waals surface area contributed by atoms with Gasteiger partial charge in [-0.2, -0.15) is 18.4 Å². The van der Waals surface area contributed by atoms with Crippen LogP contribution in [-0.4, -0.2) is 94.7 Å². The number of amides is 2. The number of anilines is 1. The lowest BCUT2D eigenvalue weighted by Gasteiger charge is -2.18.